The maximum Gasteiger partial charge on any atom is 0.265 e. The van der Waals surface area contributed by atoms with Crippen LogP contribution >= 0.6 is 15.9 Å². The highest BCUT2D eigenvalue weighted by molar-refractivity contribution is 9.10. The fourth-order valence-corrected chi connectivity index (χ4v) is 3.82. The van der Waals surface area contributed by atoms with Crippen molar-refractivity contribution < 1.29 is 13.2 Å². The standard InChI is InChI=1S/C14H12BrN5O3S/c1-23-13-6-5-10(15)7-14(13)24(21,22)17-11-3-2-4-12(8-11)20-9-16-18-19-20/h2-9,17H,1H3. The van der Waals surface area contributed by atoms with Crippen LogP contribution in [0.2, 0.25) is 0 Å². The van der Waals surface area contributed by atoms with E-state index in [0.29, 0.717) is 15.8 Å². The number of tetrazole rings is 1. The van der Waals surface area contributed by atoms with Crippen LogP contribution in [0.4, 0.5) is 5.69 Å². The van der Waals surface area contributed by atoms with Crippen LogP contribution in [0, 0.1) is 0 Å². The summed E-state index contributed by atoms with van der Waals surface area (Å²) in [5, 5.41) is 10.9. The van der Waals surface area contributed by atoms with E-state index in [1.807, 2.05) is 0 Å². The molecule has 1 aromatic heterocycles. The van der Waals surface area contributed by atoms with Crippen molar-refractivity contribution in [3.8, 4) is 11.4 Å². The molecule has 0 fully saturated rings. The molecule has 1 N–H and O–H groups in total. The first-order valence-corrected chi connectivity index (χ1v) is 8.97. The monoisotopic (exact) mass is 409 g/mol. The Labute approximate surface area is 146 Å². The highest BCUT2D eigenvalue weighted by atomic mass is 79.9. The van der Waals surface area contributed by atoms with E-state index in [9.17, 15) is 8.42 Å². The van der Waals surface area contributed by atoms with Gasteiger partial charge in [-0.05, 0) is 46.8 Å². The highest BCUT2D eigenvalue weighted by Crippen LogP contribution is 2.29. The summed E-state index contributed by atoms with van der Waals surface area (Å²) >= 11 is 3.27. The first-order chi connectivity index (χ1) is 11.5. The van der Waals surface area contributed by atoms with E-state index in [2.05, 4.69) is 36.2 Å². The first kappa shape index (κ1) is 16.4. The molecule has 0 atom stereocenters. The van der Waals surface area contributed by atoms with Gasteiger partial charge >= 0.3 is 0 Å². The Kier molecular flexibility index (Phi) is 4.49. The number of hydrogen-bond acceptors (Lipinski definition) is 6. The molecule has 10 heteroatoms. The Hall–Kier alpha value is -2.46. The predicted octanol–water partition coefficient (Wildman–Crippen LogP) is 2.23. The number of nitrogens with zero attached hydrogens (tertiary/aromatic N) is 4. The summed E-state index contributed by atoms with van der Waals surface area (Å²) in [6, 6.07) is 11.5. The summed E-state index contributed by atoms with van der Waals surface area (Å²) in [5.74, 6) is 0.252. The van der Waals surface area contributed by atoms with E-state index in [-0.39, 0.29) is 10.6 Å². The van der Waals surface area contributed by atoms with E-state index in [1.165, 1.54) is 24.2 Å². The number of ether oxygens (including phenoxy) is 1. The maximum atomic E-state index is 12.7. The van der Waals surface area contributed by atoms with Crippen LogP contribution in [-0.2, 0) is 10.0 Å². The van der Waals surface area contributed by atoms with Crippen molar-refractivity contribution in [3.63, 3.8) is 0 Å². The van der Waals surface area contributed by atoms with Crippen LogP contribution in [0.15, 0.2) is 58.2 Å². The molecule has 0 unspecified atom stereocenters. The molecule has 0 amide bonds. The first-order valence-electron chi connectivity index (χ1n) is 6.69. The lowest BCUT2D eigenvalue weighted by Gasteiger charge is -2.12. The van der Waals surface area contributed by atoms with Gasteiger partial charge < -0.3 is 4.74 Å². The minimum Gasteiger partial charge on any atom is -0.495 e. The number of sulfonamides is 1. The lowest BCUT2D eigenvalue weighted by Crippen LogP contribution is -2.14. The van der Waals surface area contributed by atoms with Crippen molar-refractivity contribution in [1.29, 1.82) is 0 Å². The summed E-state index contributed by atoms with van der Waals surface area (Å²) in [7, 11) is -2.41. The van der Waals surface area contributed by atoms with Crippen molar-refractivity contribution in [2.75, 3.05) is 11.8 Å². The summed E-state index contributed by atoms with van der Waals surface area (Å²) in [6.07, 6.45) is 1.42. The predicted molar refractivity (Wildman–Crippen MR) is 90.7 cm³/mol. The van der Waals surface area contributed by atoms with Gasteiger partial charge in [0.15, 0.2) is 0 Å². The second-order valence-corrected chi connectivity index (χ2v) is 7.27. The van der Waals surface area contributed by atoms with Gasteiger partial charge in [-0.25, -0.2) is 13.1 Å². The SMILES string of the molecule is COc1ccc(Br)cc1S(=O)(=O)Nc1cccc(-n2cnnn2)c1. The number of rotatable bonds is 5. The average Bonchev–Trinajstić information content (AvgIpc) is 3.09. The summed E-state index contributed by atoms with van der Waals surface area (Å²) < 4.78 is 35.1. The Morgan fingerprint density at radius 3 is 2.75 bits per heavy atom. The van der Waals surface area contributed by atoms with Crippen molar-refractivity contribution >= 4 is 31.6 Å². The van der Waals surface area contributed by atoms with Crippen LogP contribution in [0.1, 0.15) is 0 Å². The third kappa shape index (κ3) is 3.39. The molecule has 24 heavy (non-hydrogen) atoms. The van der Waals surface area contributed by atoms with E-state index < -0.39 is 10.0 Å². The Morgan fingerprint density at radius 1 is 1.21 bits per heavy atom. The van der Waals surface area contributed by atoms with E-state index in [0.717, 1.165) is 0 Å². The quantitative estimate of drug-likeness (QED) is 0.693. The molecule has 3 aromatic rings. The van der Waals surface area contributed by atoms with Crippen LogP contribution in [-0.4, -0.2) is 35.7 Å². The van der Waals surface area contributed by atoms with Crippen molar-refractivity contribution in [2.24, 2.45) is 0 Å². The second-order valence-electron chi connectivity index (χ2n) is 4.71. The van der Waals surface area contributed by atoms with Gasteiger partial charge in [0.2, 0.25) is 0 Å². The molecule has 0 aliphatic carbocycles. The molecule has 0 aliphatic heterocycles. The fraction of sp³-hybridized carbons (Fsp3) is 0.0714. The molecule has 124 valence electrons. The van der Waals surface area contributed by atoms with Crippen molar-refractivity contribution in [1.82, 2.24) is 20.2 Å². The van der Waals surface area contributed by atoms with Gasteiger partial charge in [-0.3, -0.25) is 4.72 Å². The molecule has 8 nitrogen and oxygen atoms in total. The molecular weight excluding hydrogens is 398 g/mol. The second kappa shape index (κ2) is 6.57. The summed E-state index contributed by atoms with van der Waals surface area (Å²) in [5.41, 5.74) is 1.01. The van der Waals surface area contributed by atoms with Gasteiger partial charge in [0.1, 0.15) is 17.0 Å². The number of nitrogens with one attached hydrogen (secondary N) is 1. The topological polar surface area (TPSA) is 99.0 Å². The molecule has 0 saturated carbocycles. The third-order valence-electron chi connectivity index (χ3n) is 3.13. The van der Waals surface area contributed by atoms with Crippen LogP contribution < -0.4 is 9.46 Å². The maximum absolute atomic E-state index is 12.7. The molecule has 0 saturated heterocycles. The number of aromatic nitrogens is 4. The van der Waals surface area contributed by atoms with Gasteiger partial charge in [0.05, 0.1) is 18.5 Å². The van der Waals surface area contributed by atoms with Gasteiger partial charge in [-0.15, -0.1) is 5.10 Å². The molecule has 0 bridgehead atoms. The number of methoxy groups -OCH3 is 1. The van der Waals surface area contributed by atoms with E-state index in [4.69, 9.17) is 4.74 Å². The van der Waals surface area contributed by atoms with Crippen LogP contribution in [0.5, 0.6) is 5.75 Å². The van der Waals surface area contributed by atoms with E-state index >= 15 is 0 Å². The van der Waals surface area contributed by atoms with Gasteiger partial charge in [-0.2, -0.15) is 0 Å². The minimum atomic E-state index is -3.83. The zero-order valence-corrected chi connectivity index (χ0v) is 14.8. The fourth-order valence-electron chi connectivity index (χ4n) is 2.06. The number of halogens is 1. The number of hydrogen-bond donors (Lipinski definition) is 1. The summed E-state index contributed by atoms with van der Waals surface area (Å²) in [4.78, 5) is 0.0344. The molecule has 2 aromatic carbocycles. The molecule has 3 rings (SSSR count). The molecular formula is C14H12BrN5O3S. The third-order valence-corrected chi connectivity index (χ3v) is 5.02. The Morgan fingerprint density at radius 2 is 2.04 bits per heavy atom. The van der Waals surface area contributed by atoms with Gasteiger partial charge in [0.25, 0.3) is 10.0 Å². The number of anilines is 1. The lowest BCUT2D eigenvalue weighted by molar-refractivity contribution is 0.403. The average molecular weight is 410 g/mol. The highest BCUT2D eigenvalue weighted by Gasteiger charge is 2.20. The molecule has 0 aliphatic rings. The van der Waals surface area contributed by atoms with Gasteiger partial charge in [0, 0.05) is 4.47 Å². The van der Waals surface area contributed by atoms with E-state index in [1.54, 1.807) is 36.4 Å². The Balaban J connectivity index is 1.96. The van der Waals surface area contributed by atoms with Crippen LogP contribution in [0.25, 0.3) is 5.69 Å². The smallest absolute Gasteiger partial charge is 0.265 e. The normalized spacial score (nSPS) is 11.2. The Bertz CT molecular complexity index is 960. The largest absolute Gasteiger partial charge is 0.495 e. The lowest BCUT2D eigenvalue weighted by atomic mass is 10.3. The van der Waals surface area contributed by atoms with Crippen LogP contribution in [0.3, 0.4) is 0 Å². The zero-order chi connectivity index (χ0) is 17.2. The minimum absolute atomic E-state index is 0.0344. The van der Waals surface area contributed by atoms with Gasteiger partial charge in [-0.1, -0.05) is 22.0 Å². The number of benzene rings is 2. The zero-order valence-electron chi connectivity index (χ0n) is 12.4. The molecule has 0 spiro atoms. The summed E-state index contributed by atoms with van der Waals surface area (Å²) in [6.45, 7) is 0. The van der Waals surface area contributed by atoms with Crippen molar-refractivity contribution in [2.45, 2.75) is 4.90 Å². The van der Waals surface area contributed by atoms with Crippen molar-refractivity contribution in [3.05, 3.63) is 53.3 Å². The molecule has 0 radical (unpaired) electrons. The molecule has 1 heterocycles.